The van der Waals surface area contributed by atoms with Gasteiger partial charge in [0.05, 0.1) is 0 Å². The number of fused-ring (bicyclic) bond motifs is 1. The van der Waals surface area contributed by atoms with Gasteiger partial charge in [0.25, 0.3) is 0 Å². The van der Waals surface area contributed by atoms with Crippen molar-refractivity contribution < 1.29 is 14.3 Å². The van der Waals surface area contributed by atoms with Gasteiger partial charge < -0.3 is 9.47 Å². The Morgan fingerprint density at radius 3 is 2.40 bits per heavy atom. The van der Waals surface area contributed by atoms with Gasteiger partial charge in [-0.3, -0.25) is 4.79 Å². The van der Waals surface area contributed by atoms with Gasteiger partial charge in [0.2, 0.25) is 0 Å². The molecule has 1 aliphatic heterocycles. The minimum absolute atomic E-state index is 0.0522. The van der Waals surface area contributed by atoms with Crippen molar-refractivity contribution in [1.82, 2.24) is 0 Å². The first kappa shape index (κ1) is 10.4. The number of carbonyl (C=O) groups is 1. The Bertz CT molecular complexity index is 401. The van der Waals surface area contributed by atoms with Crippen LogP contribution in [-0.4, -0.2) is 25.3 Å². The van der Waals surface area contributed by atoms with E-state index in [1.165, 1.54) is 0 Å². The highest BCUT2D eigenvalue weighted by atomic mass is 32.2. The predicted octanol–water partition coefficient (Wildman–Crippen LogP) is 2.38. The van der Waals surface area contributed by atoms with Crippen molar-refractivity contribution in [2.45, 2.75) is 11.8 Å². The number of thioether (sulfide) groups is 1. The summed E-state index contributed by atoms with van der Waals surface area (Å²) < 4.78 is 10.9. The van der Waals surface area contributed by atoms with E-state index in [1.54, 1.807) is 24.8 Å². The summed E-state index contributed by atoms with van der Waals surface area (Å²) in [6, 6.07) is 3.64. The summed E-state index contributed by atoms with van der Waals surface area (Å²) in [4.78, 5) is 12.3. The van der Waals surface area contributed by atoms with Crippen LogP contribution in [0.5, 0.6) is 11.5 Å². The molecule has 0 N–H and O–H groups in total. The van der Waals surface area contributed by atoms with Crippen molar-refractivity contribution >= 4 is 17.5 Å². The third-order valence-electron chi connectivity index (χ3n) is 2.24. The average Bonchev–Trinajstić information content (AvgIpc) is 2.27. The van der Waals surface area contributed by atoms with Crippen molar-refractivity contribution in [2.24, 2.45) is 0 Å². The monoisotopic (exact) mass is 224 g/mol. The Morgan fingerprint density at radius 2 is 1.87 bits per heavy atom. The largest absolute Gasteiger partial charge is 0.486 e. The molecular formula is C11H12O3S. The molecule has 1 aromatic carbocycles. The topological polar surface area (TPSA) is 35.5 Å². The van der Waals surface area contributed by atoms with Crippen LogP contribution in [0.1, 0.15) is 17.3 Å². The number of carbonyl (C=O) groups excluding carboxylic acids is 1. The van der Waals surface area contributed by atoms with E-state index in [4.69, 9.17) is 9.47 Å². The van der Waals surface area contributed by atoms with Crippen molar-refractivity contribution in [1.29, 1.82) is 0 Å². The number of hydrogen-bond acceptors (Lipinski definition) is 4. The summed E-state index contributed by atoms with van der Waals surface area (Å²) in [5.74, 6) is 1.45. The molecule has 0 atom stereocenters. The lowest BCUT2D eigenvalue weighted by Gasteiger charge is -2.20. The van der Waals surface area contributed by atoms with Crippen LogP contribution < -0.4 is 9.47 Å². The molecule has 0 fully saturated rings. The van der Waals surface area contributed by atoms with E-state index < -0.39 is 0 Å². The normalized spacial score (nSPS) is 13.7. The summed E-state index contributed by atoms with van der Waals surface area (Å²) in [5.41, 5.74) is 0.701. The van der Waals surface area contributed by atoms with E-state index >= 15 is 0 Å². The highest BCUT2D eigenvalue weighted by Crippen LogP contribution is 2.36. The van der Waals surface area contributed by atoms with Crippen LogP contribution in [0.3, 0.4) is 0 Å². The van der Waals surface area contributed by atoms with Gasteiger partial charge in [-0.05, 0) is 25.3 Å². The molecule has 4 heteroatoms. The van der Waals surface area contributed by atoms with E-state index in [0.29, 0.717) is 24.5 Å². The Kier molecular flexibility index (Phi) is 2.86. The van der Waals surface area contributed by atoms with Crippen molar-refractivity contribution in [2.75, 3.05) is 19.5 Å². The van der Waals surface area contributed by atoms with Gasteiger partial charge in [-0.2, -0.15) is 0 Å². The fourth-order valence-electron chi connectivity index (χ4n) is 1.51. The molecule has 0 spiro atoms. The molecule has 0 saturated carbocycles. The lowest BCUT2D eigenvalue weighted by atomic mass is 10.1. The maximum atomic E-state index is 11.4. The van der Waals surface area contributed by atoms with E-state index in [9.17, 15) is 4.79 Å². The van der Waals surface area contributed by atoms with Crippen LogP contribution in [0.25, 0.3) is 0 Å². The van der Waals surface area contributed by atoms with Crippen LogP contribution in [-0.2, 0) is 0 Å². The second kappa shape index (κ2) is 4.14. The lowest BCUT2D eigenvalue weighted by molar-refractivity contribution is 0.101. The molecule has 1 aromatic rings. The van der Waals surface area contributed by atoms with E-state index in [2.05, 4.69) is 0 Å². The minimum Gasteiger partial charge on any atom is -0.486 e. The van der Waals surface area contributed by atoms with Crippen LogP contribution in [0.2, 0.25) is 0 Å². The van der Waals surface area contributed by atoms with Gasteiger partial charge in [-0.25, -0.2) is 0 Å². The Hall–Kier alpha value is -1.16. The number of Topliss-reactive ketones (excluding diaryl/α,β-unsaturated/α-hetero) is 1. The maximum Gasteiger partial charge on any atom is 0.162 e. The van der Waals surface area contributed by atoms with Crippen LogP contribution in [0.15, 0.2) is 17.0 Å². The SMILES string of the molecule is CSc1cc2c(cc1C(C)=O)OCCO2. The van der Waals surface area contributed by atoms with E-state index in [0.717, 1.165) is 10.6 Å². The van der Waals surface area contributed by atoms with Gasteiger partial charge >= 0.3 is 0 Å². The molecule has 0 aliphatic carbocycles. The summed E-state index contributed by atoms with van der Waals surface area (Å²) in [7, 11) is 0. The lowest BCUT2D eigenvalue weighted by Crippen LogP contribution is -2.16. The van der Waals surface area contributed by atoms with Gasteiger partial charge in [-0.15, -0.1) is 11.8 Å². The fourth-order valence-corrected chi connectivity index (χ4v) is 2.16. The molecule has 0 radical (unpaired) electrons. The molecule has 0 unspecified atom stereocenters. The number of rotatable bonds is 2. The minimum atomic E-state index is 0.0522. The molecule has 0 amide bonds. The Balaban J connectivity index is 2.51. The molecule has 15 heavy (non-hydrogen) atoms. The molecular weight excluding hydrogens is 212 g/mol. The second-order valence-electron chi connectivity index (χ2n) is 3.25. The Morgan fingerprint density at radius 1 is 1.27 bits per heavy atom. The van der Waals surface area contributed by atoms with E-state index in [1.807, 2.05) is 12.3 Å². The standard InChI is InChI=1S/C11H12O3S/c1-7(12)8-5-9-10(6-11(8)15-2)14-4-3-13-9/h5-6H,3-4H2,1-2H3. The third kappa shape index (κ3) is 1.95. The highest BCUT2D eigenvalue weighted by molar-refractivity contribution is 7.98. The molecule has 0 aromatic heterocycles. The first-order valence-corrected chi connectivity index (χ1v) is 5.93. The molecule has 0 saturated heterocycles. The molecule has 80 valence electrons. The average molecular weight is 224 g/mol. The zero-order valence-corrected chi connectivity index (χ0v) is 9.52. The molecule has 1 heterocycles. The highest BCUT2D eigenvalue weighted by Gasteiger charge is 2.17. The van der Waals surface area contributed by atoms with Crippen molar-refractivity contribution in [3.63, 3.8) is 0 Å². The summed E-state index contributed by atoms with van der Waals surface area (Å²) in [6.45, 7) is 2.67. The van der Waals surface area contributed by atoms with Crippen LogP contribution >= 0.6 is 11.8 Å². The quantitative estimate of drug-likeness (QED) is 0.570. The number of hydrogen-bond donors (Lipinski definition) is 0. The number of ketones is 1. The second-order valence-corrected chi connectivity index (χ2v) is 4.10. The molecule has 2 rings (SSSR count). The van der Waals surface area contributed by atoms with Gasteiger partial charge in [0.15, 0.2) is 17.3 Å². The summed E-state index contributed by atoms with van der Waals surface area (Å²) >= 11 is 1.54. The molecule has 0 bridgehead atoms. The smallest absolute Gasteiger partial charge is 0.162 e. The zero-order valence-electron chi connectivity index (χ0n) is 8.70. The van der Waals surface area contributed by atoms with Crippen molar-refractivity contribution in [3.8, 4) is 11.5 Å². The summed E-state index contributed by atoms with van der Waals surface area (Å²) in [6.07, 6.45) is 1.94. The number of ether oxygens (including phenoxy) is 2. The van der Waals surface area contributed by atoms with E-state index in [-0.39, 0.29) is 5.78 Å². The first-order valence-electron chi connectivity index (χ1n) is 4.71. The molecule has 1 aliphatic rings. The zero-order chi connectivity index (χ0) is 10.8. The Labute approximate surface area is 92.8 Å². The predicted molar refractivity (Wildman–Crippen MR) is 59.2 cm³/mol. The maximum absolute atomic E-state index is 11.4. The fraction of sp³-hybridized carbons (Fsp3) is 0.364. The van der Waals surface area contributed by atoms with Crippen molar-refractivity contribution in [3.05, 3.63) is 17.7 Å². The summed E-state index contributed by atoms with van der Waals surface area (Å²) in [5, 5.41) is 0. The number of benzene rings is 1. The van der Waals surface area contributed by atoms with Gasteiger partial charge in [-0.1, -0.05) is 0 Å². The van der Waals surface area contributed by atoms with Crippen LogP contribution in [0, 0.1) is 0 Å². The van der Waals surface area contributed by atoms with Crippen LogP contribution in [0.4, 0.5) is 0 Å². The molecule has 3 nitrogen and oxygen atoms in total. The van der Waals surface area contributed by atoms with Gasteiger partial charge in [0.1, 0.15) is 13.2 Å². The van der Waals surface area contributed by atoms with Gasteiger partial charge in [0, 0.05) is 10.5 Å². The third-order valence-corrected chi connectivity index (χ3v) is 3.02. The first-order chi connectivity index (χ1) is 7.22.